The van der Waals surface area contributed by atoms with Crippen LogP contribution in [0.25, 0.3) is 0 Å². The summed E-state index contributed by atoms with van der Waals surface area (Å²) in [5, 5.41) is 8.23. The van der Waals surface area contributed by atoms with Gasteiger partial charge in [0.15, 0.2) is 0 Å². The Morgan fingerprint density at radius 3 is 2.43 bits per heavy atom. The molecule has 0 spiro atoms. The molecule has 0 unspecified atom stereocenters. The second-order valence-electron chi connectivity index (χ2n) is 4.53. The molecule has 0 saturated carbocycles. The van der Waals surface area contributed by atoms with Gasteiger partial charge in [-0.1, -0.05) is 23.7 Å². The van der Waals surface area contributed by atoms with Gasteiger partial charge in [-0.05, 0) is 23.8 Å². The first-order valence-electron chi connectivity index (χ1n) is 5.99. The summed E-state index contributed by atoms with van der Waals surface area (Å²) in [6.45, 7) is 0.270. The first-order chi connectivity index (χ1) is 9.77. The Morgan fingerprint density at radius 1 is 1.33 bits per heavy atom. The molecule has 6 nitrogen and oxygen atoms in total. The molecule has 1 amide bonds. The standard InChI is InChI=1S/C13H14ClN3O3S/c1-17-8-10(14)6-12(17)13(18)16-7-9-2-4-11(5-3-9)21(15,19)20/h2-6,8H,7H2,1H3,(H,16,18)(H2,15,19,20). The number of rotatable bonds is 4. The Hall–Kier alpha value is -1.83. The van der Waals surface area contributed by atoms with Crippen molar-refractivity contribution in [1.29, 1.82) is 0 Å². The van der Waals surface area contributed by atoms with Gasteiger partial charge in [0.25, 0.3) is 5.91 Å². The lowest BCUT2D eigenvalue weighted by Crippen LogP contribution is -2.24. The lowest BCUT2D eigenvalue weighted by Gasteiger charge is -2.06. The van der Waals surface area contributed by atoms with Gasteiger partial charge < -0.3 is 9.88 Å². The van der Waals surface area contributed by atoms with Gasteiger partial charge in [0.05, 0.1) is 9.92 Å². The Labute approximate surface area is 127 Å². The Morgan fingerprint density at radius 2 is 1.95 bits per heavy atom. The Kier molecular flexibility index (Phi) is 4.36. The minimum absolute atomic E-state index is 0.0341. The number of nitrogens with two attached hydrogens (primary N) is 1. The van der Waals surface area contributed by atoms with Crippen LogP contribution in [0.2, 0.25) is 5.02 Å². The summed E-state index contributed by atoms with van der Waals surface area (Å²) in [6, 6.07) is 7.56. The maximum absolute atomic E-state index is 12.0. The third kappa shape index (κ3) is 3.84. The number of halogens is 1. The highest BCUT2D eigenvalue weighted by Crippen LogP contribution is 2.13. The van der Waals surface area contributed by atoms with E-state index in [9.17, 15) is 13.2 Å². The van der Waals surface area contributed by atoms with Crippen LogP contribution in [0.4, 0.5) is 0 Å². The van der Waals surface area contributed by atoms with E-state index in [0.29, 0.717) is 10.7 Å². The van der Waals surface area contributed by atoms with E-state index in [1.54, 1.807) is 36.0 Å². The van der Waals surface area contributed by atoms with Crippen molar-refractivity contribution in [1.82, 2.24) is 9.88 Å². The van der Waals surface area contributed by atoms with E-state index in [0.717, 1.165) is 5.56 Å². The fraction of sp³-hybridized carbons (Fsp3) is 0.154. The molecule has 21 heavy (non-hydrogen) atoms. The molecule has 3 N–H and O–H groups in total. The summed E-state index contributed by atoms with van der Waals surface area (Å²) in [5.74, 6) is -0.264. The van der Waals surface area contributed by atoms with Crippen molar-refractivity contribution in [2.45, 2.75) is 11.4 Å². The molecule has 0 bridgehead atoms. The summed E-state index contributed by atoms with van der Waals surface area (Å²) in [7, 11) is -1.98. The van der Waals surface area contributed by atoms with Crippen LogP contribution in [0.5, 0.6) is 0 Å². The number of nitrogens with zero attached hydrogens (tertiary/aromatic N) is 1. The van der Waals surface area contributed by atoms with Crippen LogP contribution in [0.1, 0.15) is 16.1 Å². The highest BCUT2D eigenvalue weighted by molar-refractivity contribution is 7.89. The smallest absolute Gasteiger partial charge is 0.268 e. The number of hydrogen-bond donors (Lipinski definition) is 2. The molecule has 2 rings (SSSR count). The third-order valence-corrected chi connectivity index (χ3v) is 4.05. The number of aryl methyl sites for hydroxylation is 1. The summed E-state index contributed by atoms with van der Waals surface area (Å²) >= 11 is 5.82. The van der Waals surface area contributed by atoms with Gasteiger partial charge >= 0.3 is 0 Å². The number of sulfonamides is 1. The zero-order valence-electron chi connectivity index (χ0n) is 11.2. The van der Waals surface area contributed by atoms with Gasteiger partial charge in [0.1, 0.15) is 5.69 Å². The molecule has 0 aliphatic rings. The van der Waals surface area contributed by atoms with Crippen molar-refractivity contribution in [3.8, 4) is 0 Å². The van der Waals surface area contributed by atoms with E-state index in [1.807, 2.05) is 0 Å². The summed E-state index contributed by atoms with van der Waals surface area (Å²) in [5.41, 5.74) is 1.21. The van der Waals surface area contributed by atoms with Crippen LogP contribution >= 0.6 is 11.6 Å². The molecule has 112 valence electrons. The van der Waals surface area contributed by atoms with Crippen LogP contribution in [0.3, 0.4) is 0 Å². The lowest BCUT2D eigenvalue weighted by molar-refractivity contribution is 0.0943. The van der Waals surface area contributed by atoms with Crippen molar-refractivity contribution >= 4 is 27.5 Å². The highest BCUT2D eigenvalue weighted by Gasteiger charge is 2.11. The Balaban J connectivity index is 2.03. The molecule has 1 aromatic heterocycles. The summed E-state index contributed by atoms with van der Waals surface area (Å²) in [4.78, 5) is 12.0. The molecule has 0 atom stereocenters. The van der Waals surface area contributed by atoms with Crippen molar-refractivity contribution in [3.63, 3.8) is 0 Å². The normalized spacial score (nSPS) is 11.4. The number of hydrogen-bond acceptors (Lipinski definition) is 3. The van der Waals surface area contributed by atoms with Gasteiger partial charge in [-0.15, -0.1) is 0 Å². The van der Waals surface area contributed by atoms with Crippen molar-refractivity contribution in [3.05, 3.63) is 52.8 Å². The lowest BCUT2D eigenvalue weighted by atomic mass is 10.2. The summed E-state index contributed by atoms with van der Waals surface area (Å²) in [6.07, 6.45) is 1.64. The Bertz CT molecular complexity index is 766. The minimum atomic E-state index is -3.70. The fourth-order valence-electron chi connectivity index (χ4n) is 1.82. The maximum atomic E-state index is 12.0. The second-order valence-corrected chi connectivity index (χ2v) is 6.52. The SMILES string of the molecule is Cn1cc(Cl)cc1C(=O)NCc1ccc(S(N)(=O)=O)cc1. The van der Waals surface area contributed by atoms with E-state index in [1.165, 1.54) is 12.1 Å². The number of benzene rings is 1. The number of amides is 1. The fourth-order valence-corrected chi connectivity index (χ4v) is 2.59. The van der Waals surface area contributed by atoms with Gasteiger partial charge in [-0.2, -0.15) is 0 Å². The molecule has 1 heterocycles. The largest absolute Gasteiger partial charge is 0.347 e. The molecule has 2 aromatic rings. The molecule has 0 radical (unpaired) electrons. The van der Waals surface area contributed by atoms with Crippen LogP contribution in [0, 0.1) is 0 Å². The van der Waals surface area contributed by atoms with E-state index < -0.39 is 10.0 Å². The topological polar surface area (TPSA) is 94.2 Å². The number of nitrogens with one attached hydrogen (secondary N) is 1. The van der Waals surface area contributed by atoms with E-state index in [2.05, 4.69) is 5.32 Å². The predicted octanol–water partition coefficient (Wildman–Crippen LogP) is 1.26. The number of aromatic nitrogens is 1. The average Bonchev–Trinajstić information content (AvgIpc) is 2.74. The number of primary sulfonamides is 1. The van der Waals surface area contributed by atoms with Crippen LogP contribution in [-0.2, 0) is 23.6 Å². The van der Waals surface area contributed by atoms with Crippen LogP contribution in [0.15, 0.2) is 41.4 Å². The van der Waals surface area contributed by atoms with E-state index in [-0.39, 0.29) is 17.3 Å². The van der Waals surface area contributed by atoms with Crippen molar-refractivity contribution in [2.24, 2.45) is 12.2 Å². The van der Waals surface area contributed by atoms with Gasteiger partial charge in [0, 0.05) is 19.8 Å². The van der Waals surface area contributed by atoms with E-state index in [4.69, 9.17) is 16.7 Å². The monoisotopic (exact) mass is 327 g/mol. The number of carbonyl (C=O) groups excluding carboxylic acids is 1. The van der Waals surface area contributed by atoms with Crippen molar-refractivity contribution in [2.75, 3.05) is 0 Å². The predicted molar refractivity (Wildman–Crippen MR) is 79.4 cm³/mol. The summed E-state index contributed by atoms with van der Waals surface area (Å²) < 4.78 is 23.9. The maximum Gasteiger partial charge on any atom is 0.268 e. The molecule has 8 heteroatoms. The first kappa shape index (κ1) is 15.6. The zero-order chi connectivity index (χ0) is 15.6. The minimum Gasteiger partial charge on any atom is -0.347 e. The number of carbonyl (C=O) groups is 1. The van der Waals surface area contributed by atoms with Crippen LogP contribution in [-0.4, -0.2) is 18.9 Å². The highest BCUT2D eigenvalue weighted by atomic mass is 35.5. The zero-order valence-corrected chi connectivity index (χ0v) is 12.8. The molecular formula is C13H14ClN3O3S. The van der Waals surface area contributed by atoms with Gasteiger partial charge in [0.2, 0.25) is 10.0 Å². The molecule has 1 aromatic carbocycles. The van der Waals surface area contributed by atoms with E-state index >= 15 is 0 Å². The van der Waals surface area contributed by atoms with Gasteiger partial charge in [-0.3, -0.25) is 4.79 Å². The quantitative estimate of drug-likeness (QED) is 0.885. The molecule has 0 aliphatic heterocycles. The third-order valence-electron chi connectivity index (χ3n) is 2.91. The van der Waals surface area contributed by atoms with Crippen LogP contribution < -0.4 is 10.5 Å². The average molecular weight is 328 g/mol. The first-order valence-corrected chi connectivity index (χ1v) is 7.91. The molecular weight excluding hydrogens is 314 g/mol. The molecule has 0 aliphatic carbocycles. The molecule has 0 saturated heterocycles. The van der Waals surface area contributed by atoms with Gasteiger partial charge in [-0.25, -0.2) is 13.6 Å². The van der Waals surface area contributed by atoms with Crippen molar-refractivity contribution < 1.29 is 13.2 Å². The molecule has 0 fully saturated rings. The second kappa shape index (κ2) is 5.88.